The summed E-state index contributed by atoms with van der Waals surface area (Å²) >= 11 is 0. The Kier molecular flexibility index (Phi) is 8.85. The molecule has 0 aliphatic heterocycles. The SMILES string of the molecule is CP(C)(=O)c1cccc(-c2cccc(-c3nc(-c4ccccc4)nc(-c4ccc(-c5ccc(-c6c7ccccc7cc7c6ccc6ccccc67)cc5)cc4)n3)c2)c1. The van der Waals surface area contributed by atoms with E-state index in [1.807, 2.05) is 60.7 Å². The summed E-state index contributed by atoms with van der Waals surface area (Å²) in [5, 5.41) is 8.39. The summed E-state index contributed by atoms with van der Waals surface area (Å²) in [7, 11) is -2.41. The van der Waals surface area contributed by atoms with E-state index in [1.165, 1.54) is 43.4 Å². The second-order valence-corrected chi connectivity index (χ2v) is 18.4. The molecular weight excluding hydrogens is 726 g/mol. The largest absolute Gasteiger partial charge is 0.319 e. The lowest BCUT2D eigenvalue weighted by Gasteiger charge is -2.14. The first-order valence-corrected chi connectivity index (χ1v) is 22.1. The van der Waals surface area contributed by atoms with Gasteiger partial charge in [0, 0.05) is 22.0 Å². The first-order valence-electron chi connectivity index (χ1n) is 19.5. The van der Waals surface area contributed by atoms with Crippen LogP contribution in [0.25, 0.3) is 99.9 Å². The molecule has 1 heterocycles. The van der Waals surface area contributed by atoms with Gasteiger partial charge in [-0.05, 0) is 97.2 Å². The fraction of sp³-hybridized carbons (Fsp3) is 0.0377. The number of rotatable bonds is 7. The molecule has 0 radical (unpaired) electrons. The number of fused-ring (bicyclic) bond motifs is 4. The smallest absolute Gasteiger partial charge is 0.164 e. The molecular formula is C53H38N3OP. The van der Waals surface area contributed by atoms with Crippen LogP contribution < -0.4 is 5.30 Å². The highest BCUT2D eigenvalue weighted by atomic mass is 31.2. The monoisotopic (exact) mass is 763 g/mol. The van der Waals surface area contributed by atoms with Crippen molar-refractivity contribution in [2.45, 2.75) is 0 Å². The highest BCUT2D eigenvalue weighted by Gasteiger charge is 2.16. The van der Waals surface area contributed by atoms with Gasteiger partial charge >= 0.3 is 0 Å². The normalized spacial score (nSPS) is 11.7. The maximum Gasteiger partial charge on any atom is 0.164 e. The van der Waals surface area contributed by atoms with Crippen LogP contribution in [0.4, 0.5) is 0 Å². The van der Waals surface area contributed by atoms with Crippen molar-refractivity contribution in [3.8, 4) is 67.5 Å². The predicted octanol–water partition coefficient (Wildman–Crippen LogP) is 13.6. The average molecular weight is 764 g/mol. The van der Waals surface area contributed by atoms with Crippen LogP contribution in [-0.4, -0.2) is 28.3 Å². The molecule has 0 saturated carbocycles. The summed E-state index contributed by atoms with van der Waals surface area (Å²) < 4.78 is 12.9. The van der Waals surface area contributed by atoms with Gasteiger partial charge in [0.1, 0.15) is 7.14 Å². The minimum absolute atomic E-state index is 0.590. The van der Waals surface area contributed by atoms with E-state index in [0.29, 0.717) is 17.5 Å². The Labute approximate surface area is 337 Å². The van der Waals surface area contributed by atoms with Crippen LogP contribution in [0.2, 0.25) is 0 Å². The fourth-order valence-corrected chi connectivity index (χ4v) is 8.88. The van der Waals surface area contributed by atoms with Crippen LogP contribution in [0.15, 0.2) is 194 Å². The van der Waals surface area contributed by atoms with Gasteiger partial charge in [-0.25, -0.2) is 15.0 Å². The van der Waals surface area contributed by atoms with Crippen LogP contribution >= 0.6 is 7.14 Å². The third-order valence-corrected chi connectivity index (χ3v) is 12.5. The van der Waals surface area contributed by atoms with E-state index in [0.717, 1.165) is 44.2 Å². The van der Waals surface area contributed by atoms with Crippen molar-refractivity contribution in [2.75, 3.05) is 13.3 Å². The minimum atomic E-state index is -2.41. The molecule has 10 rings (SSSR count). The Morgan fingerprint density at radius 3 is 1.52 bits per heavy atom. The molecule has 58 heavy (non-hydrogen) atoms. The molecule has 0 aliphatic carbocycles. The van der Waals surface area contributed by atoms with Gasteiger partial charge in [0.15, 0.2) is 17.5 Å². The molecule has 0 spiro atoms. The minimum Gasteiger partial charge on any atom is -0.319 e. The molecule has 276 valence electrons. The lowest BCUT2D eigenvalue weighted by molar-refractivity contribution is 0.588. The van der Waals surface area contributed by atoms with Gasteiger partial charge < -0.3 is 4.57 Å². The lowest BCUT2D eigenvalue weighted by Crippen LogP contribution is -2.02. The number of benzene rings is 9. The Morgan fingerprint density at radius 2 is 0.828 bits per heavy atom. The second-order valence-electron chi connectivity index (χ2n) is 15.2. The third-order valence-electron chi connectivity index (χ3n) is 11.0. The van der Waals surface area contributed by atoms with Crippen LogP contribution in [-0.2, 0) is 4.57 Å². The number of hydrogen-bond acceptors (Lipinski definition) is 4. The second kappa shape index (κ2) is 14.5. The van der Waals surface area contributed by atoms with Gasteiger partial charge in [0.25, 0.3) is 0 Å². The third kappa shape index (κ3) is 6.68. The van der Waals surface area contributed by atoms with Crippen molar-refractivity contribution >= 4 is 44.8 Å². The van der Waals surface area contributed by atoms with E-state index in [1.54, 1.807) is 13.3 Å². The zero-order chi connectivity index (χ0) is 39.2. The highest BCUT2D eigenvalue weighted by Crippen LogP contribution is 2.40. The van der Waals surface area contributed by atoms with Crippen molar-refractivity contribution in [3.63, 3.8) is 0 Å². The van der Waals surface area contributed by atoms with Crippen molar-refractivity contribution < 1.29 is 4.57 Å². The molecule has 0 saturated heterocycles. The number of aromatic nitrogens is 3. The van der Waals surface area contributed by atoms with E-state index >= 15 is 0 Å². The first kappa shape index (κ1) is 35.4. The maximum atomic E-state index is 12.9. The van der Waals surface area contributed by atoms with Gasteiger partial charge in [0.2, 0.25) is 0 Å². The Hall–Kier alpha value is -7.00. The van der Waals surface area contributed by atoms with Crippen molar-refractivity contribution in [2.24, 2.45) is 0 Å². The quantitative estimate of drug-likeness (QED) is 0.0921. The maximum absolute atomic E-state index is 12.9. The lowest BCUT2D eigenvalue weighted by atomic mass is 9.89. The van der Waals surface area contributed by atoms with E-state index in [-0.39, 0.29) is 0 Å². The molecule has 0 bridgehead atoms. The summed E-state index contributed by atoms with van der Waals surface area (Å²) in [6.07, 6.45) is 0. The van der Waals surface area contributed by atoms with Crippen molar-refractivity contribution in [1.29, 1.82) is 0 Å². The number of nitrogens with zero attached hydrogens (tertiary/aromatic N) is 3. The molecule has 5 heteroatoms. The summed E-state index contributed by atoms with van der Waals surface area (Å²) in [5.74, 6) is 1.80. The van der Waals surface area contributed by atoms with Crippen molar-refractivity contribution in [3.05, 3.63) is 194 Å². The molecule has 1 aromatic heterocycles. The van der Waals surface area contributed by atoms with Crippen LogP contribution in [0.5, 0.6) is 0 Å². The van der Waals surface area contributed by atoms with Crippen LogP contribution in [0, 0.1) is 0 Å². The van der Waals surface area contributed by atoms with Gasteiger partial charge in [0.05, 0.1) is 0 Å². The fourth-order valence-electron chi connectivity index (χ4n) is 7.98. The summed E-state index contributed by atoms with van der Waals surface area (Å²) in [5.41, 5.74) is 9.41. The van der Waals surface area contributed by atoms with Gasteiger partial charge in [-0.2, -0.15) is 0 Å². The molecule has 0 unspecified atom stereocenters. The van der Waals surface area contributed by atoms with Gasteiger partial charge in [-0.15, -0.1) is 0 Å². The molecule has 0 aliphatic rings. The van der Waals surface area contributed by atoms with E-state index in [2.05, 4.69) is 133 Å². The van der Waals surface area contributed by atoms with Crippen molar-refractivity contribution in [1.82, 2.24) is 15.0 Å². The highest BCUT2D eigenvalue weighted by molar-refractivity contribution is 7.70. The molecule has 0 amide bonds. The number of hydrogen-bond donors (Lipinski definition) is 0. The van der Waals surface area contributed by atoms with E-state index in [4.69, 9.17) is 15.0 Å². The van der Waals surface area contributed by atoms with Gasteiger partial charge in [-0.1, -0.05) is 176 Å². The zero-order valence-electron chi connectivity index (χ0n) is 32.2. The molecule has 0 atom stereocenters. The van der Waals surface area contributed by atoms with E-state index in [9.17, 15) is 4.57 Å². The average Bonchev–Trinajstić information content (AvgIpc) is 3.28. The predicted molar refractivity (Wildman–Crippen MR) is 244 cm³/mol. The molecule has 9 aromatic carbocycles. The summed E-state index contributed by atoms with van der Waals surface area (Å²) in [6, 6.07) is 67.8. The first-order chi connectivity index (χ1) is 28.4. The summed E-state index contributed by atoms with van der Waals surface area (Å²) in [4.78, 5) is 15.0. The molecule has 0 N–H and O–H groups in total. The molecule has 4 nitrogen and oxygen atoms in total. The Morgan fingerprint density at radius 1 is 0.328 bits per heavy atom. The Bertz CT molecular complexity index is 3210. The molecule has 10 aromatic rings. The van der Waals surface area contributed by atoms with E-state index < -0.39 is 7.14 Å². The summed E-state index contributed by atoms with van der Waals surface area (Å²) in [6.45, 7) is 3.61. The standard InChI is InChI=1S/C53H38N3OP/c1-58(2,57)45-19-11-17-42(33-45)41-16-10-18-44(32-41)53-55-51(39-13-4-3-5-14-39)54-52(56-53)40-28-24-36(25-29-40)35-22-26-38(27-23-35)50-47-21-9-7-15-43(47)34-49-46-20-8-6-12-37(46)30-31-48(49)50/h3-34H,1-2H3. The Balaban J connectivity index is 1.01. The molecule has 0 fully saturated rings. The zero-order valence-corrected chi connectivity index (χ0v) is 33.1. The topological polar surface area (TPSA) is 55.7 Å². The van der Waals surface area contributed by atoms with Crippen LogP contribution in [0.1, 0.15) is 0 Å². The van der Waals surface area contributed by atoms with Gasteiger partial charge in [-0.3, -0.25) is 0 Å². The van der Waals surface area contributed by atoms with Crippen LogP contribution in [0.3, 0.4) is 0 Å².